The van der Waals surface area contributed by atoms with Crippen molar-refractivity contribution in [3.63, 3.8) is 0 Å². The van der Waals surface area contributed by atoms with Crippen molar-refractivity contribution in [2.75, 3.05) is 11.5 Å². The molecule has 2 rings (SSSR count). The molecular weight excluding hydrogens is 480 g/mol. The second kappa shape index (κ2) is 11.8. The molecule has 0 spiro atoms. The van der Waals surface area contributed by atoms with Crippen molar-refractivity contribution in [3.05, 3.63) is 23.3 Å². The van der Waals surface area contributed by atoms with E-state index in [1.165, 1.54) is 21.6 Å². The van der Waals surface area contributed by atoms with E-state index >= 15 is 0 Å². The van der Waals surface area contributed by atoms with Crippen LogP contribution in [0, 0.1) is 13.8 Å². The van der Waals surface area contributed by atoms with E-state index in [0.29, 0.717) is 34.8 Å². The van der Waals surface area contributed by atoms with Crippen molar-refractivity contribution in [2.45, 2.75) is 78.7 Å². The van der Waals surface area contributed by atoms with Crippen LogP contribution in [0.15, 0.2) is 0 Å². The van der Waals surface area contributed by atoms with Crippen molar-refractivity contribution in [3.8, 4) is 0 Å². The van der Waals surface area contributed by atoms with Gasteiger partial charge in [-0.25, -0.2) is 19.6 Å². The van der Waals surface area contributed by atoms with Gasteiger partial charge in [-0.3, -0.25) is 10.2 Å². The van der Waals surface area contributed by atoms with E-state index in [-0.39, 0.29) is 0 Å². The lowest BCUT2D eigenvalue weighted by Gasteiger charge is -2.23. The third-order valence-corrected chi connectivity index (χ3v) is 6.21. The molecule has 0 aliphatic carbocycles. The fraction of sp³-hybridized carbons (Fsp3) is 0.700. The summed E-state index contributed by atoms with van der Waals surface area (Å²) < 4.78 is 10.7. The number of hydrogen-bond acceptors (Lipinski definition) is 10. The minimum atomic E-state index is -0.624. The van der Waals surface area contributed by atoms with Crippen LogP contribution >= 0.6 is 21.6 Å². The van der Waals surface area contributed by atoms with Gasteiger partial charge in [0.15, 0.2) is 11.6 Å². The predicted molar refractivity (Wildman–Crippen MR) is 131 cm³/mol. The Hall–Kier alpha value is -2.48. The SMILES string of the molecule is Cc1nc([C@H](CSSC[C@H](NC(=O)OC(C)(C)C)c2n[nH]c(C)n2)NC(=O)OC(C)(C)C)n[nH]1. The summed E-state index contributed by atoms with van der Waals surface area (Å²) >= 11 is 0. The summed E-state index contributed by atoms with van der Waals surface area (Å²) in [6.07, 6.45) is -1.10. The number of hydrogen-bond donors (Lipinski definition) is 4. The number of rotatable bonds is 9. The van der Waals surface area contributed by atoms with Gasteiger partial charge in [-0.15, -0.1) is 0 Å². The first-order valence-corrected chi connectivity index (χ1v) is 13.2. The van der Waals surface area contributed by atoms with Gasteiger partial charge in [0.05, 0.1) is 0 Å². The molecule has 34 heavy (non-hydrogen) atoms. The van der Waals surface area contributed by atoms with Crippen LogP contribution in [0.2, 0.25) is 0 Å². The molecule has 0 saturated heterocycles. The van der Waals surface area contributed by atoms with Gasteiger partial charge in [0.2, 0.25) is 0 Å². The molecule has 0 bridgehead atoms. The van der Waals surface area contributed by atoms with E-state index in [1.807, 2.05) is 0 Å². The maximum atomic E-state index is 12.3. The van der Waals surface area contributed by atoms with E-state index in [1.54, 1.807) is 55.4 Å². The Bertz CT molecular complexity index is 875. The third-order valence-electron chi connectivity index (χ3n) is 3.79. The monoisotopic (exact) mass is 514 g/mol. The van der Waals surface area contributed by atoms with Gasteiger partial charge in [-0.1, -0.05) is 21.6 Å². The number of carbonyl (C=O) groups excluding carboxylic acids is 2. The highest BCUT2D eigenvalue weighted by atomic mass is 33.1. The maximum Gasteiger partial charge on any atom is 0.408 e. The largest absolute Gasteiger partial charge is 0.444 e. The van der Waals surface area contributed by atoms with Gasteiger partial charge >= 0.3 is 12.2 Å². The molecule has 4 N–H and O–H groups in total. The Morgan fingerprint density at radius 3 is 1.41 bits per heavy atom. The van der Waals surface area contributed by atoms with E-state index in [4.69, 9.17) is 9.47 Å². The van der Waals surface area contributed by atoms with Crippen molar-refractivity contribution < 1.29 is 19.1 Å². The number of ether oxygens (including phenoxy) is 2. The van der Waals surface area contributed by atoms with Crippen molar-refractivity contribution in [2.24, 2.45) is 0 Å². The lowest BCUT2D eigenvalue weighted by molar-refractivity contribution is 0.0495. The van der Waals surface area contributed by atoms with Crippen LogP contribution in [0.3, 0.4) is 0 Å². The van der Waals surface area contributed by atoms with Crippen molar-refractivity contribution >= 4 is 33.8 Å². The number of nitrogens with zero attached hydrogens (tertiary/aromatic N) is 4. The normalized spacial score (nSPS) is 13.8. The van der Waals surface area contributed by atoms with Gasteiger partial charge < -0.3 is 20.1 Å². The van der Waals surface area contributed by atoms with Crippen molar-refractivity contribution in [1.29, 1.82) is 0 Å². The van der Waals surface area contributed by atoms with E-state index in [9.17, 15) is 9.59 Å². The fourth-order valence-electron chi connectivity index (χ4n) is 2.53. The summed E-state index contributed by atoms with van der Waals surface area (Å²) in [5, 5.41) is 19.6. The first-order valence-electron chi connectivity index (χ1n) is 10.7. The number of aromatic amines is 2. The van der Waals surface area contributed by atoms with E-state index in [0.717, 1.165) is 0 Å². The minimum Gasteiger partial charge on any atom is -0.444 e. The molecule has 2 heterocycles. The van der Waals surface area contributed by atoms with Gasteiger partial charge in [0.25, 0.3) is 0 Å². The predicted octanol–water partition coefficient (Wildman–Crippen LogP) is 3.75. The molecule has 2 amide bonds. The van der Waals surface area contributed by atoms with Crippen LogP contribution in [-0.4, -0.2) is 65.3 Å². The van der Waals surface area contributed by atoms with Crippen LogP contribution in [0.4, 0.5) is 9.59 Å². The smallest absolute Gasteiger partial charge is 0.408 e. The summed E-state index contributed by atoms with van der Waals surface area (Å²) in [5.41, 5.74) is -1.25. The molecule has 2 atom stereocenters. The molecule has 12 nitrogen and oxygen atoms in total. The topological polar surface area (TPSA) is 160 Å². The molecule has 0 saturated carbocycles. The summed E-state index contributed by atoms with van der Waals surface area (Å²) in [6.45, 7) is 14.4. The highest BCUT2D eigenvalue weighted by Gasteiger charge is 2.25. The first kappa shape index (κ1) is 27.8. The molecule has 0 radical (unpaired) electrons. The number of aromatic nitrogens is 6. The van der Waals surface area contributed by atoms with Crippen molar-refractivity contribution in [1.82, 2.24) is 41.0 Å². The zero-order chi connectivity index (χ0) is 25.5. The summed E-state index contributed by atoms with van der Waals surface area (Å²) in [6, 6.07) is -0.944. The molecule has 2 aromatic rings. The fourth-order valence-corrected chi connectivity index (χ4v) is 4.85. The van der Waals surface area contributed by atoms with E-state index < -0.39 is 35.5 Å². The second-order valence-electron chi connectivity index (χ2n) is 9.52. The zero-order valence-corrected chi connectivity index (χ0v) is 22.4. The minimum absolute atomic E-state index is 0.462. The second-order valence-corrected chi connectivity index (χ2v) is 12.1. The quantitative estimate of drug-likeness (QED) is 0.286. The molecule has 2 aromatic heterocycles. The lowest BCUT2D eigenvalue weighted by atomic mass is 10.2. The standard InChI is InChI=1S/C20H34N8O4S2/c1-11-21-15(27-25-11)13(23-17(29)31-19(3,4)5)9-33-34-10-14(16-22-12(2)26-28-16)24-18(30)32-20(6,7)8/h13-14H,9-10H2,1-8H3,(H,23,29)(H,24,30)(H,21,25,27)(H,22,26,28)/t13-,14-/m0/s1. The van der Waals surface area contributed by atoms with Crippen LogP contribution < -0.4 is 10.6 Å². The lowest BCUT2D eigenvalue weighted by Crippen LogP contribution is -2.36. The Balaban J connectivity index is 1.99. The van der Waals surface area contributed by atoms with Gasteiger partial charge in [0.1, 0.15) is 34.9 Å². The summed E-state index contributed by atoms with van der Waals surface area (Å²) in [5.74, 6) is 3.14. The van der Waals surface area contributed by atoms with Crippen LogP contribution in [0.25, 0.3) is 0 Å². The Morgan fingerprint density at radius 2 is 1.15 bits per heavy atom. The number of nitrogens with one attached hydrogen (secondary N) is 4. The highest BCUT2D eigenvalue weighted by molar-refractivity contribution is 8.76. The molecule has 0 fully saturated rings. The average molecular weight is 515 g/mol. The molecule has 14 heteroatoms. The first-order chi connectivity index (χ1) is 15.7. The molecule has 0 unspecified atom stereocenters. The Morgan fingerprint density at radius 1 is 0.794 bits per heavy atom. The van der Waals surface area contributed by atoms with Crippen LogP contribution in [-0.2, 0) is 9.47 Å². The Labute approximate surface area is 207 Å². The van der Waals surface area contributed by atoms with Crippen LogP contribution in [0.1, 0.15) is 76.9 Å². The average Bonchev–Trinajstić information content (AvgIpc) is 3.28. The van der Waals surface area contributed by atoms with E-state index in [2.05, 4.69) is 41.0 Å². The molecular formula is C20H34N8O4S2. The van der Waals surface area contributed by atoms with Gasteiger partial charge in [-0.05, 0) is 55.4 Å². The summed E-state index contributed by atoms with van der Waals surface area (Å²) in [7, 11) is 2.98. The number of alkyl carbamates (subject to hydrolysis) is 2. The Kier molecular flexibility index (Phi) is 9.62. The molecule has 0 aliphatic rings. The highest BCUT2D eigenvalue weighted by Crippen LogP contribution is 2.30. The molecule has 0 aromatic carbocycles. The maximum absolute atomic E-state index is 12.3. The number of H-pyrrole nitrogens is 2. The number of amides is 2. The van der Waals surface area contributed by atoms with Gasteiger partial charge in [-0.2, -0.15) is 10.2 Å². The summed E-state index contributed by atoms with van der Waals surface area (Å²) in [4.78, 5) is 33.3. The molecule has 190 valence electrons. The number of carbonyl (C=O) groups is 2. The zero-order valence-electron chi connectivity index (χ0n) is 20.8. The number of aryl methyl sites for hydroxylation is 2. The van der Waals surface area contributed by atoms with Gasteiger partial charge in [0, 0.05) is 11.5 Å². The molecule has 0 aliphatic heterocycles. The van der Waals surface area contributed by atoms with Crippen LogP contribution in [0.5, 0.6) is 0 Å². The third kappa shape index (κ3) is 10.2.